The number of nitrogens with zero attached hydrogens (tertiary/aromatic N) is 1. The predicted octanol–water partition coefficient (Wildman–Crippen LogP) is 2.95. The Bertz CT molecular complexity index is 531. The van der Waals surface area contributed by atoms with Crippen LogP contribution in [0.2, 0.25) is 0 Å². The van der Waals surface area contributed by atoms with Crippen molar-refractivity contribution in [2.45, 2.75) is 38.4 Å². The first-order valence-corrected chi connectivity index (χ1v) is 8.94. The second-order valence-electron chi connectivity index (χ2n) is 6.51. The van der Waals surface area contributed by atoms with Gasteiger partial charge in [-0.2, -0.15) is 0 Å². The zero-order valence-electron chi connectivity index (χ0n) is 16.0. The summed E-state index contributed by atoms with van der Waals surface area (Å²) < 4.78 is 16.6. The summed E-state index contributed by atoms with van der Waals surface area (Å²) in [7, 11) is 3.45. The maximum atomic E-state index is 5.78. The lowest BCUT2D eigenvalue weighted by molar-refractivity contribution is 0.0242. The first kappa shape index (κ1) is 23.0. The molecule has 1 aliphatic rings. The number of aliphatic imine (C=N–C) groups is 1. The minimum absolute atomic E-state index is 0. The Morgan fingerprint density at radius 3 is 2.65 bits per heavy atom. The van der Waals surface area contributed by atoms with E-state index in [1.54, 1.807) is 14.2 Å². The minimum atomic E-state index is -0.0703. The van der Waals surface area contributed by atoms with Gasteiger partial charge in [-0.25, -0.2) is 0 Å². The van der Waals surface area contributed by atoms with E-state index >= 15 is 0 Å². The molecule has 1 aromatic rings. The third-order valence-electron chi connectivity index (χ3n) is 4.34. The van der Waals surface area contributed by atoms with Crippen LogP contribution in [0.5, 0.6) is 5.75 Å². The highest BCUT2D eigenvalue weighted by molar-refractivity contribution is 14.0. The van der Waals surface area contributed by atoms with Crippen LogP contribution >= 0.6 is 24.0 Å². The van der Waals surface area contributed by atoms with Gasteiger partial charge in [0.25, 0.3) is 0 Å². The van der Waals surface area contributed by atoms with Crippen LogP contribution in [-0.2, 0) is 16.1 Å². The molecule has 6 nitrogen and oxygen atoms in total. The summed E-state index contributed by atoms with van der Waals surface area (Å²) in [5, 5.41) is 6.65. The fourth-order valence-electron chi connectivity index (χ4n) is 2.76. The summed E-state index contributed by atoms with van der Waals surface area (Å²) >= 11 is 0. The van der Waals surface area contributed by atoms with E-state index in [-0.39, 0.29) is 29.6 Å². The van der Waals surface area contributed by atoms with Crippen LogP contribution in [0.3, 0.4) is 0 Å². The largest absolute Gasteiger partial charge is 0.497 e. The standard InChI is InChI=1S/C19H31N3O3.HI/c1-19(10-4-13-25-19)15-22-18(20-2)21-11-5-12-24-14-16-6-8-17(23-3)9-7-16;/h6-9H,4-5,10-15H2,1-3H3,(H2,20,21,22);1H. The van der Waals surface area contributed by atoms with Crippen LogP contribution in [0.25, 0.3) is 0 Å². The van der Waals surface area contributed by atoms with Gasteiger partial charge in [0.05, 0.1) is 19.3 Å². The normalized spacial score (nSPS) is 19.7. The molecule has 0 saturated carbocycles. The number of nitrogens with one attached hydrogen (secondary N) is 2. The predicted molar refractivity (Wildman–Crippen MR) is 116 cm³/mol. The van der Waals surface area contributed by atoms with Gasteiger partial charge in [-0.3, -0.25) is 4.99 Å². The molecule has 0 aromatic heterocycles. The van der Waals surface area contributed by atoms with Gasteiger partial charge in [-0.15, -0.1) is 24.0 Å². The summed E-state index contributed by atoms with van der Waals surface area (Å²) in [4.78, 5) is 4.25. The number of hydrogen-bond acceptors (Lipinski definition) is 4. The molecule has 148 valence electrons. The maximum Gasteiger partial charge on any atom is 0.191 e. The highest BCUT2D eigenvalue weighted by Crippen LogP contribution is 2.23. The Morgan fingerprint density at radius 2 is 2.04 bits per heavy atom. The molecule has 1 fully saturated rings. The number of hydrogen-bond donors (Lipinski definition) is 2. The summed E-state index contributed by atoms with van der Waals surface area (Å²) in [6, 6.07) is 7.94. The quantitative estimate of drug-likeness (QED) is 0.248. The van der Waals surface area contributed by atoms with Gasteiger partial charge in [0.15, 0.2) is 5.96 Å². The molecular formula is C19H32IN3O3. The SMILES string of the molecule is CN=C(NCCCOCc1ccc(OC)cc1)NCC1(C)CCCO1.I. The number of methoxy groups -OCH3 is 1. The van der Waals surface area contributed by atoms with Gasteiger partial charge in [-0.1, -0.05) is 12.1 Å². The first-order valence-electron chi connectivity index (χ1n) is 8.94. The summed E-state index contributed by atoms with van der Waals surface area (Å²) in [5.74, 6) is 1.68. The molecule has 0 amide bonds. The molecule has 2 N–H and O–H groups in total. The van der Waals surface area contributed by atoms with Crippen molar-refractivity contribution in [2.24, 2.45) is 4.99 Å². The number of guanidine groups is 1. The third kappa shape index (κ3) is 8.09. The van der Waals surface area contributed by atoms with Gasteiger partial charge in [0.2, 0.25) is 0 Å². The molecule has 0 aliphatic carbocycles. The van der Waals surface area contributed by atoms with Crippen molar-refractivity contribution in [3.63, 3.8) is 0 Å². The van der Waals surface area contributed by atoms with Crippen LogP contribution in [0.4, 0.5) is 0 Å². The Labute approximate surface area is 174 Å². The van der Waals surface area contributed by atoms with Crippen molar-refractivity contribution >= 4 is 29.9 Å². The van der Waals surface area contributed by atoms with E-state index in [1.807, 2.05) is 24.3 Å². The summed E-state index contributed by atoms with van der Waals surface area (Å²) in [6.45, 7) is 5.92. The van der Waals surface area contributed by atoms with Crippen LogP contribution in [0.1, 0.15) is 31.7 Å². The minimum Gasteiger partial charge on any atom is -0.497 e. The zero-order chi connectivity index (χ0) is 18.0. The van der Waals surface area contributed by atoms with E-state index in [9.17, 15) is 0 Å². The van der Waals surface area contributed by atoms with Crippen LogP contribution in [-0.4, -0.2) is 52.0 Å². The molecule has 0 radical (unpaired) electrons. The molecule has 7 heteroatoms. The van der Waals surface area contributed by atoms with E-state index in [2.05, 4.69) is 22.5 Å². The van der Waals surface area contributed by atoms with Crippen molar-refractivity contribution in [1.82, 2.24) is 10.6 Å². The first-order chi connectivity index (χ1) is 12.1. The molecule has 2 rings (SSSR count). The lowest BCUT2D eigenvalue weighted by Gasteiger charge is -2.24. The fourth-order valence-corrected chi connectivity index (χ4v) is 2.76. The van der Waals surface area contributed by atoms with Gasteiger partial charge >= 0.3 is 0 Å². The Morgan fingerprint density at radius 1 is 1.27 bits per heavy atom. The van der Waals surface area contributed by atoms with Crippen LogP contribution in [0, 0.1) is 0 Å². The van der Waals surface area contributed by atoms with Crippen LogP contribution < -0.4 is 15.4 Å². The second-order valence-corrected chi connectivity index (χ2v) is 6.51. The maximum absolute atomic E-state index is 5.78. The van der Waals surface area contributed by atoms with Crippen molar-refractivity contribution in [3.8, 4) is 5.75 Å². The summed E-state index contributed by atoms with van der Waals surface area (Å²) in [5.41, 5.74) is 1.08. The molecule has 1 unspecified atom stereocenters. The van der Waals surface area contributed by atoms with E-state index in [0.29, 0.717) is 13.2 Å². The number of benzene rings is 1. The van der Waals surface area contributed by atoms with Crippen molar-refractivity contribution in [3.05, 3.63) is 29.8 Å². The molecule has 1 heterocycles. The molecule has 1 saturated heterocycles. The van der Waals surface area contributed by atoms with E-state index < -0.39 is 0 Å². The molecular weight excluding hydrogens is 445 g/mol. The topological polar surface area (TPSA) is 64.1 Å². The van der Waals surface area contributed by atoms with Crippen molar-refractivity contribution < 1.29 is 14.2 Å². The Hall–Kier alpha value is -1.06. The molecule has 1 aliphatic heterocycles. The molecule has 1 atom stereocenters. The third-order valence-corrected chi connectivity index (χ3v) is 4.34. The van der Waals surface area contributed by atoms with Gasteiger partial charge in [0.1, 0.15) is 5.75 Å². The number of rotatable bonds is 9. The number of ether oxygens (including phenoxy) is 3. The van der Waals surface area contributed by atoms with Gasteiger partial charge < -0.3 is 24.8 Å². The fraction of sp³-hybridized carbons (Fsp3) is 0.632. The van der Waals surface area contributed by atoms with Crippen molar-refractivity contribution in [2.75, 3.05) is 40.5 Å². The van der Waals surface area contributed by atoms with E-state index in [4.69, 9.17) is 14.2 Å². The average Bonchev–Trinajstić information content (AvgIpc) is 3.08. The molecule has 26 heavy (non-hydrogen) atoms. The molecule has 0 bridgehead atoms. The molecule has 1 aromatic carbocycles. The highest BCUT2D eigenvalue weighted by atomic mass is 127. The lowest BCUT2D eigenvalue weighted by Crippen LogP contribution is -2.45. The van der Waals surface area contributed by atoms with Gasteiger partial charge in [-0.05, 0) is 43.9 Å². The monoisotopic (exact) mass is 477 g/mol. The highest BCUT2D eigenvalue weighted by Gasteiger charge is 2.29. The Balaban J connectivity index is 0.00000338. The van der Waals surface area contributed by atoms with Crippen molar-refractivity contribution in [1.29, 1.82) is 0 Å². The smallest absolute Gasteiger partial charge is 0.191 e. The van der Waals surface area contributed by atoms with E-state index in [1.165, 1.54) is 0 Å². The van der Waals surface area contributed by atoms with Gasteiger partial charge in [0, 0.05) is 33.4 Å². The lowest BCUT2D eigenvalue weighted by atomic mass is 10.0. The van der Waals surface area contributed by atoms with E-state index in [0.717, 1.165) is 56.2 Å². The second kappa shape index (κ2) is 12.3. The number of halogens is 1. The molecule has 0 spiro atoms. The summed E-state index contributed by atoms with van der Waals surface area (Å²) in [6.07, 6.45) is 3.15. The zero-order valence-corrected chi connectivity index (χ0v) is 18.4. The average molecular weight is 477 g/mol. The van der Waals surface area contributed by atoms with Crippen LogP contribution in [0.15, 0.2) is 29.3 Å². The Kier molecular flexibility index (Phi) is 10.9.